The number of nitrogen functional groups attached to an aromatic ring is 1. The van der Waals surface area contributed by atoms with E-state index in [0.717, 1.165) is 0 Å². The van der Waals surface area contributed by atoms with Gasteiger partial charge in [-0.3, -0.25) is 14.4 Å². The molecule has 1 saturated carbocycles. The number of hydrogen-bond donors (Lipinski definition) is 3. The largest absolute Gasteiger partial charge is 0.398 e. The Morgan fingerprint density at radius 1 is 1.10 bits per heavy atom. The lowest BCUT2D eigenvalue weighted by Gasteiger charge is -2.21. The Hall–Kier alpha value is -2.42. The van der Waals surface area contributed by atoms with E-state index in [1.807, 2.05) is 20.8 Å². The maximum absolute atomic E-state index is 13.3. The molecule has 1 aromatic rings. The quantitative estimate of drug-likeness (QED) is 0.465. The Kier molecular flexibility index (Phi) is 5.47. The molecular formula is C21H29N3O5S. The van der Waals surface area contributed by atoms with E-state index >= 15 is 0 Å². The number of amides is 2. The minimum Gasteiger partial charge on any atom is -0.398 e. The molecule has 1 heterocycles. The van der Waals surface area contributed by atoms with E-state index < -0.39 is 44.6 Å². The van der Waals surface area contributed by atoms with Gasteiger partial charge in [0.2, 0.25) is 11.8 Å². The van der Waals surface area contributed by atoms with E-state index in [4.69, 9.17) is 5.73 Å². The molecule has 3 rings (SSSR count). The maximum Gasteiger partial charge on any atom is 0.225 e. The summed E-state index contributed by atoms with van der Waals surface area (Å²) in [7, 11) is -3.17. The number of anilines is 1. The standard InChI is InChI=1S/C21H29N3O5S/c1-20(2,3)24-19(27)16-15(18(26)23-12-9-10-30(28,29)11-12)21(16,4)17(25)13-7-5-6-8-14(13)22/h5-8,12,15-16H,9-11,22H2,1-4H3,(H,23,26)(H,24,27)/t12-,15-,16+,21+/m0/s1. The van der Waals surface area contributed by atoms with Gasteiger partial charge in [-0.05, 0) is 39.3 Å². The Balaban J connectivity index is 1.88. The molecule has 2 amide bonds. The van der Waals surface area contributed by atoms with E-state index in [2.05, 4.69) is 10.6 Å². The van der Waals surface area contributed by atoms with Crippen LogP contribution in [0.5, 0.6) is 0 Å². The molecule has 30 heavy (non-hydrogen) atoms. The maximum atomic E-state index is 13.3. The van der Waals surface area contributed by atoms with Crippen molar-refractivity contribution >= 4 is 33.1 Å². The first-order chi connectivity index (χ1) is 13.8. The van der Waals surface area contributed by atoms with Crippen LogP contribution in [0.25, 0.3) is 0 Å². The number of nitrogens with one attached hydrogen (secondary N) is 2. The fraction of sp³-hybridized carbons (Fsp3) is 0.571. The van der Waals surface area contributed by atoms with Gasteiger partial charge in [-0.25, -0.2) is 8.42 Å². The number of para-hydroxylation sites is 1. The number of carbonyl (C=O) groups is 3. The monoisotopic (exact) mass is 435 g/mol. The summed E-state index contributed by atoms with van der Waals surface area (Å²) < 4.78 is 23.4. The van der Waals surface area contributed by atoms with Gasteiger partial charge < -0.3 is 16.4 Å². The first kappa shape index (κ1) is 22.3. The Bertz CT molecular complexity index is 998. The average Bonchev–Trinajstić information content (AvgIpc) is 3.12. The van der Waals surface area contributed by atoms with Crippen LogP contribution < -0.4 is 16.4 Å². The number of carbonyl (C=O) groups excluding carboxylic acids is 3. The highest BCUT2D eigenvalue weighted by Gasteiger charge is 2.72. The second-order valence-electron chi connectivity index (χ2n) is 9.50. The molecule has 164 valence electrons. The van der Waals surface area contributed by atoms with E-state index in [1.165, 1.54) is 0 Å². The smallest absolute Gasteiger partial charge is 0.225 e. The molecule has 0 spiro atoms. The highest BCUT2D eigenvalue weighted by atomic mass is 32.2. The van der Waals surface area contributed by atoms with Crippen LogP contribution in [-0.4, -0.2) is 49.1 Å². The molecule has 8 nitrogen and oxygen atoms in total. The highest BCUT2D eigenvalue weighted by molar-refractivity contribution is 7.91. The van der Waals surface area contributed by atoms with Crippen LogP contribution in [0.3, 0.4) is 0 Å². The zero-order valence-electron chi connectivity index (χ0n) is 17.7. The van der Waals surface area contributed by atoms with Crippen LogP contribution in [0.1, 0.15) is 44.5 Å². The fourth-order valence-electron chi connectivity index (χ4n) is 4.28. The first-order valence-corrected chi connectivity index (χ1v) is 11.8. The van der Waals surface area contributed by atoms with Crippen molar-refractivity contribution in [2.45, 2.75) is 45.7 Å². The minimum atomic E-state index is -3.17. The zero-order chi connectivity index (χ0) is 22.5. The van der Waals surface area contributed by atoms with Crippen molar-refractivity contribution in [3.05, 3.63) is 29.8 Å². The molecular weight excluding hydrogens is 406 g/mol. The molecule has 0 bridgehead atoms. The Labute approximate surface area is 176 Å². The van der Waals surface area contributed by atoms with Gasteiger partial charge in [0, 0.05) is 22.8 Å². The topological polar surface area (TPSA) is 135 Å². The van der Waals surface area contributed by atoms with Crippen molar-refractivity contribution in [1.29, 1.82) is 0 Å². The van der Waals surface area contributed by atoms with E-state index in [1.54, 1.807) is 31.2 Å². The number of sulfone groups is 1. The summed E-state index contributed by atoms with van der Waals surface area (Å²) in [6, 6.07) is 6.06. The van der Waals surface area contributed by atoms with Gasteiger partial charge in [-0.1, -0.05) is 19.1 Å². The normalized spacial score (nSPS) is 29.8. The van der Waals surface area contributed by atoms with Crippen molar-refractivity contribution in [1.82, 2.24) is 10.6 Å². The van der Waals surface area contributed by atoms with Crippen LogP contribution in [0, 0.1) is 17.3 Å². The van der Waals surface area contributed by atoms with E-state index in [9.17, 15) is 22.8 Å². The summed E-state index contributed by atoms with van der Waals surface area (Å²) in [6.07, 6.45) is 0.329. The van der Waals surface area contributed by atoms with Gasteiger partial charge in [-0.15, -0.1) is 0 Å². The van der Waals surface area contributed by atoms with Crippen LogP contribution >= 0.6 is 0 Å². The zero-order valence-corrected chi connectivity index (χ0v) is 18.5. The van der Waals surface area contributed by atoms with Gasteiger partial charge in [0.15, 0.2) is 15.6 Å². The first-order valence-electron chi connectivity index (χ1n) is 9.98. The molecule has 1 aromatic carbocycles. The van der Waals surface area contributed by atoms with Crippen molar-refractivity contribution in [3.8, 4) is 0 Å². The number of nitrogens with two attached hydrogens (primary N) is 1. The van der Waals surface area contributed by atoms with Gasteiger partial charge in [0.1, 0.15) is 0 Å². The molecule has 2 fully saturated rings. The Morgan fingerprint density at radius 2 is 1.70 bits per heavy atom. The lowest BCUT2D eigenvalue weighted by molar-refractivity contribution is -0.128. The van der Waals surface area contributed by atoms with Gasteiger partial charge in [0.25, 0.3) is 0 Å². The molecule has 2 aliphatic rings. The van der Waals surface area contributed by atoms with Crippen LogP contribution in [0.2, 0.25) is 0 Å². The number of benzene rings is 1. The third-order valence-electron chi connectivity index (χ3n) is 5.85. The highest BCUT2D eigenvalue weighted by Crippen LogP contribution is 2.61. The number of rotatable bonds is 5. The summed E-state index contributed by atoms with van der Waals surface area (Å²) in [6.45, 7) is 7.06. The SMILES string of the molecule is CC(C)(C)NC(=O)[C@H]1[C@@H](C(=O)N[C@H]2CCS(=O)(=O)C2)[C@@]1(C)C(=O)c1ccccc1N. The van der Waals surface area contributed by atoms with Crippen LogP contribution in [-0.2, 0) is 19.4 Å². The molecule has 1 saturated heterocycles. The van der Waals surface area contributed by atoms with E-state index in [-0.39, 0.29) is 34.4 Å². The lowest BCUT2D eigenvalue weighted by Crippen LogP contribution is -2.43. The minimum absolute atomic E-state index is 0.0211. The van der Waals surface area contributed by atoms with Crippen molar-refractivity contribution in [3.63, 3.8) is 0 Å². The predicted molar refractivity (Wildman–Crippen MR) is 113 cm³/mol. The van der Waals surface area contributed by atoms with Crippen LogP contribution in [0.15, 0.2) is 24.3 Å². The second kappa shape index (κ2) is 7.37. The fourth-order valence-corrected chi connectivity index (χ4v) is 5.96. The van der Waals surface area contributed by atoms with Crippen molar-refractivity contribution < 1.29 is 22.8 Å². The summed E-state index contributed by atoms with van der Waals surface area (Å²) >= 11 is 0. The van der Waals surface area contributed by atoms with Gasteiger partial charge >= 0.3 is 0 Å². The molecule has 0 radical (unpaired) electrons. The molecule has 9 heteroatoms. The third kappa shape index (κ3) is 4.21. The summed E-state index contributed by atoms with van der Waals surface area (Å²) in [4.78, 5) is 39.3. The molecule has 4 N–H and O–H groups in total. The molecule has 0 aromatic heterocycles. The summed E-state index contributed by atoms with van der Waals surface area (Å²) in [5, 5.41) is 5.59. The molecule has 1 aliphatic heterocycles. The summed E-state index contributed by atoms with van der Waals surface area (Å²) in [5.41, 5.74) is 4.73. The molecule has 4 atom stereocenters. The van der Waals surface area contributed by atoms with Crippen molar-refractivity contribution in [2.75, 3.05) is 17.2 Å². The lowest BCUT2D eigenvalue weighted by atomic mass is 9.91. The summed E-state index contributed by atoms with van der Waals surface area (Å²) in [5.74, 6) is -3.08. The molecule has 1 aliphatic carbocycles. The third-order valence-corrected chi connectivity index (χ3v) is 7.62. The van der Waals surface area contributed by atoms with Gasteiger partial charge in [-0.2, -0.15) is 0 Å². The predicted octanol–water partition coefficient (Wildman–Crippen LogP) is 0.922. The number of ketones is 1. The number of hydrogen-bond acceptors (Lipinski definition) is 6. The van der Waals surface area contributed by atoms with Crippen molar-refractivity contribution in [2.24, 2.45) is 17.3 Å². The van der Waals surface area contributed by atoms with Gasteiger partial charge in [0.05, 0.1) is 28.8 Å². The second-order valence-corrected chi connectivity index (χ2v) is 11.7. The van der Waals surface area contributed by atoms with E-state index in [0.29, 0.717) is 6.42 Å². The Morgan fingerprint density at radius 3 is 2.23 bits per heavy atom. The van der Waals surface area contributed by atoms with Crippen LogP contribution in [0.4, 0.5) is 5.69 Å². The number of Topliss-reactive ketones (excluding diaryl/α,β-unsaturated/α-hetero) is 1. The molecule has 0 unspecified atom stereocenters. The average molecular weight is 436 g/mol.